The Morgan fingerprint density at radius 3 is 3.00 bits per heavy atom. The number of imidazole rings is 1. The Morgan fingerprint density at radius 2 is 2.21 bits per heavy atom. The molecular formula is C17H20ClN5O. The molecule has 7 heteroatoms. The third-order valence-corrected chi connectivity index (χ3v) is 4.23. The molecule has 1 aromatic carbocycles. The van der Waals surface area contributed by atoms with Crippen LogP contribution in [-0.4, -0.2) is 22.9 Å². The SMILES string of the molecule is CNc1ccc2c(c1)NC(=O)CC/C=C/CC(N)c1nc-2c(Cl)[nH]1. The van der Waals surface area contributed by atoms with Gasteiger partial charge in [0.15, 0.2) is 0 Å². The molecule has 1 aliphatic heterocycles. The molecule has 0 saturated carbocycles. The molecule has 0 aliphatic carbocycles. The molecular weight excluding hydrogens is 326 g/mol. The molecule has 1 atom stereocenters. The lowest BCUT2D eigenvalue weighted by Gasteiger charge is -2.12. The maximum atomic E-state index is 12.2. The minimum Gasteiger partial charge on any atom is -0.388 e. The van der Waals surface area contributed by atoms with Crippen molar-refractivity contribution in [1.29, 1.82) is 0 Å². The number of nitrogens with two attached hydrogens (primary N) is 1. The third-order valence-electron chi connectivity index (χ3n) is 3.96. The van der Waals surface area contributed by atoms with Crippen LogP contribution >= 0.6 is 11.6 Å². The van der Waals surface area contributed by atoms with Crippen molar-refractivity contribution in [3.05, 3.63) is 41.3 Å². The summed E-state index contributed by atoms with van der Waals surface area (Å²) in [7, 11) is 1.83. The van der Waals surface area contributed by atoms with Gasteiger partial charge in [0, 0.05) is 24.7 Å². The Kier molecular flexibility index (Phi) is 4.87. The second-order valence-corrected chi connectivity index (χ2v) is 6.07. The van der Waals surface area contributed by atoms with E-state index < -0.39 is 0 Å². The van der Waals surface area contributed by atoms with E-state index >= 15 is 0 Å². The number of fused-ring (bicyclic) bond motifs is 4. The molecule has 2 aromatic rings. The van der Waals surface area contributed by atoms with E-state index in [0.29, 0.717) is 41.6 Å². The van der Waals surface area contributed by atoms with Gasteiger partial charge in [0.25, 0.3) is 0 Å². The number of nitrogens with zero attached hydrogens (tertiary/aromatic N) is 1. The largest absolute Gasteiger partial charge is 0.388 e. The summed E-state index contributed by atoms with van der Waals surface area (Å²) in [5, 5.41) is 6.43. The molecule has 126 valence electrons. The summed E-state index contributed by atoms with van der Waals surface area (Å²) < 4.78 is 0. The molecule has 5 N–H and O–H groups in total. The van der Waals surface area contributed by atoms with Gasteiger partial charge >= 0.3 is 0 Å². The van der Waals surface area contributed by atoms with Crippen LogP contribution in [0.1, 0.15) is 31.1 Å². The van der Waals surface area contributed by atoms with Gasteiger partial charge in [-0.15, -0.1) is 0 Å². The predicted octanol–water partition coefficient (Wildman–Crippen LogP) is 3.45. The second kappa shape index (κ2) is 7.07. The summed E-state index contributed by atoms with van der Waals surface area (Å²) in [5.74, 6) is 0.582. The molecule has 3 rings (SSSR count). The average molecular weight is 346 g/mol. The fourth-order valence-corrected chi connectivity index (χ4v) is 2.87. The van der Waals surface area contributed by atoms with Crippen LogP contribution in [-0.2, 0) is 4.79 Å². The van der Waals surface area contributed by atoms with Crippen molar-refractivity contribution in [2.75, 3.05) is 17.7 Å². The number of allylic oxidation sites excluding steroid dienone is 1. The Labute approximate surface area is 145 Å². The number of carbonyl (C=O) groups is 1. The highest BCUT2D eigenvalue weighted by atomic mass is 35.5. The number of H-pyrrole nitrogens is 1. The van der Waals surface area contributed by atoms with Crippen LogP contribution < -0.4 is 16.4 Å². The molecule has 1 aliphatic rings. The van der Waals surface area contributed by atoms with Crippen molar-refractivity contribution in [3.8, 4) is 11.3 Å². The highest BCUT2D eigenvalue weighted by Gasteiger charge is 2.19. The summed E-state index contributed by atoms with van der Waals surface area (Å²) in [6.07, 6.45) is 5.65. The number of hydrogen-bond acceptors (Lipinski definition) is 4. The van der Waals surface area contributed by atoms with Crippen molar-refractivity contribution >= 4 is 28.9 Å². The monoisotopic (exact) mass is 345 g/mol. The van der Waals surface area contributed by atoms with E-state index in [1.165, 1.54) is 0 Å². The molecule has 2 heterocycles. The van der Waals surface area contributed by atoms with E-state index in [4.69, 9.17) is 17.3 Å². The first-order valence-corrected chi connectivity index (χ1v) is 8.24. The first-order chi connectivity index (χ1) is 11.6. The van der Waals surface area contributed by atoms with Crippen LogP contribution in [0.3, 0.4) is 0 Å². The van der Waals surface area contributed by atoms with Gasteiger partial charge in [0.1, 0.15) is 16.7 Å². The van der Waals surface area contributed by atoms with Crippen LogP contribution in [0.5, 0.6) is 0 Å². The van der Waals surface area contributed by atoms with E-state index in [2.05, 4.69) is 20.6 Å². The van der Waals surface area contributed by atoms with Gasteiger partial charge in [-0.05, 0) is 31.0 Å². The van der Waals surface area contributed by atoms with E-state index in [1.807, 2.05) is 37.4 Å². The Balaban J connectivity index is 2.11. The van der Waals surface area contributed by atoms with Crippen LogP contribution in [0.25, 0.3) is 11.3 Å². The van der Waals surface area contributed by atoms with Gasteiger partial charge in [-0.25, -0.2) is 4.98 Å². The molecule has 0 fully saturated rings. The van der Waals surface area contributed by atoms with Gasteiger partial charge in [-0.1, -0.05) is 23.8 Å². The highest BCUT2D eigenvalue weighted by molar-refractivity contribution is 6.32. The quantitative estimate of drug-likeness (QED) is 0.595. The lowest BCUT2D eigenvalue weighted by atomic mass is 10.1. The van der Waals surface area contributed by atoms with Gasteiger partial charge < -0.3 is 21.4 Å². The summed E-state index contributed by atoms with van der Waals surface area (Å²) in [6, 6.07) is 5.40. The third kappa shape index (κ3) is 3.44. The van der Waals surface area contributed by atoms with Crippen LogP contribution in [0.4, 0.5) is 11.4 Å². The summed E-state index contributed by atoms with van der Waals surface area (Å²) >= 11 is 6.33. The number of halogens is 1. The zero-order chi connectivity index (χ0) is 17.1. The standard InChI is InChI=1S/C17H20ClN5O/c1-20-10-7-8-11-13(9-10)21-14(24)6-4-2-3-5-12(19)17-22-15(11)16(18)23-17/h2-3,7-9,12,20H,4-6,19H2,1H3,(H,21,24)(H,22,23)/b3-2+. The topological polar surface area (TPSA) is 95.8 Å². The van der Waals surface area contributed by atoms with Crippen LogP contribution in [0.15, 0.2) is 30.4 Å². The fraction of sp³-hybridized carbons (Fsp3) is 0.294. The van der Waals surface area contributed by atoms with E-state index in [1.54, 1.807) is 0 Å². The molecule has 2 bridgehead atoms. The summed E-state index contributed by atoms with van der Waals surface area (Å²) in [5.41, 5.74) is 9.07. The average Bonchev–Trinajstić information content (AvgIpc) is 2.95. The van der Waals surface area contributed by atoms with E-state index in [9.17, 15) is 4.79 Å². The van der Waals surface area contributed by atoms with Gasteiger partial charge in [-0.2, -0.15) is 0 Å². The first kappa shape index (κ1) is 16.5. The highest BCUT2D eigenvalue weighted by Crippen LogP contribution is 2.35. The zero-order valence-electron chi connectivity index (χ0n) is 13.4. The molecule has 6 nitrogen and oxygen atoms in total. The van der Waals surface area contributed by atoms with Crippen LogP contribution in [0, 0.1) is 0 Å². The maximum Gasteiger partial charge on any atom is 0.224 e. The normalized spacial score (nSPS) is 19.3. The Bertz CT molecular complexity index is 783. The molecule has 1 unspecified atom stereocenters. The van der Waals surface area contributed by atoms with Crippen molar-refractivity contribution in [2.24, 2.45) is 5.73 Å². The summed E-state index contributed by atoms with van der Waals surface area (Å²) in [4.78, 5) is 19.8. The number of aromatic amines is 1. The number of anilines is 2. The van der Waals surface area contributed by atoms with Crippen molar-refractivity contribution in [1.82, 2.24) is 9.97 Å². The number of rotatable bonds is 1. The van der Waals surface area contributed by atoms with Crippen molar-refractivity contribution in [3.63, 3.8) is 0 Å². The summed E-state index contributed by atoms with van der Waals surface area (Å²) in [6.45, 7) is 0. The number of hydrogen-bond donors (Lipinski definition) is 4. The molecule has 1 aromatic heterocycles. The van der Waals surface area contributed by atoms with Crippen molar-refractivity contribution < 1.29 is 4.79 Å². The Hall–Kier alpha value is -2.31. The minimum absolute atomic E-state index is 0.0513. The maximum absolute atomic E-state index is 12.2. The number of aromatic nitrogens is 2. The first-order valence-electron chi connectivity index (χ1n) is 7.86. The van der Waals surface area contributed by atoms with Crippen LogP contribution in [0.2, 0.25) is 5.15 Å². The van der Waals surface area contributed by atoms with Crippen molar-refractivity contribution in [2.45, 2.75) is 25.3 Å². The van der Waals surface area contributed by atoms with E-state index in [0.717, 1.165) is 11.3 Å². The second-order valence-electron chi connectivity index (χ2n) is 5.70. The molecule has 0 saturated heterocycles. The number of nitrogens with one attached hydrogen (secondary N) is 3. The number of carbonyl (C=O) groups excluding carboxylic acids is 1. The predicted molar refractivity (Wildman–Crippen MR) is 97.1 cm³/mol. The molecule has 1 amide bonds. The number of benzene rings is 1. The van der Waals surface area contributed by atoms with Gasteiger partial charge in [-0.3, -0.25) is 4.79 Å². The minimum atomic E-state index is -0.267. The molecule has 0 radical (unpaired) electrons. The van der Waals surface area contributed by atoms with E-state index in [-0.39, 0.29) is 11.9 Å². The Morgan fingerprint density at radius 1 is 1.38 bits per heavy atom. The number of amides is 1. The lowest BCUT2D eigenvalue weighted by molar-refractivity contribution is -0.116. The van der Waals surface area contributed by atoms with Gasteiger partial charge in [0.2, 0.25) is 5.91 Å². The van der Waals surface area contributed by atoms with Gasteiger partial charge in [0.05, 0.1) is 11.7 Å². The fourth-order valence-electron chi connectivity index (χ4n) is 2.63. The molecule has 24 heavy (non-hydrogen) atoms. The lowest BCUT2D eigenvalue weighted by Crippen LogP contribution is -2.12. The smallest absolute Gasteiger partial charge is 0.224 e. The molecule has 0 spiro atoms. The zero-order valence-corrected chi connectivity index (χ0v) is 14.2.